The van der Waals surface area contributed by atoms with Crippen LogP contribution in [0, 0.1) is 5.82 Å². The lowest BCUT2D eigenvalue weighted by Crippen LogP contribution is -2.31. The summed E-state index contributed by atoms with van der Waals surface area (Å²) in [4.78, 5) is 17.1. The van der Waals surface area contributed by atoms with Crippen LogP contribution in [0.3, 0.4) is 0 Å². The van der Waals surface area contributed by atoms with Gasteiger partial charge in [0.15, 0.2) is 0 Å². The molecule has 2 heterocycles. The Hall–Kier alpha value is -2.61. The first-order valence-electron chi connectivity index (χ1n) is 10.8. The number of pyridine rings is 1. The number of nitrogens with one attached hydrogen (secondary N) is 1. The Balaban J connectivity index is 1.56. The summed E-state index contributed by atoms with van der Waals surface area (Å²) in [6.45, 7) is -0.347. The molecule has 2 aromatic carbocycles. The minimum atomic E-state index is -0.708. The predicted octanol–water partition coefficient (Wildman–Crippen LogP) is 5.20. The molecular weight excluding hydrogens is 461 g/mol. The highest BCUT2D eigenvalue weighted by atomic mass is 35.5. The summed E-state index contributed by atoms with van der Waals surface area (Å²) in [5.74, 6) is 1.68. The van der Waals surface area contributed by atoms with Gasteiger partial charge in [-0.25, -0.2) is 9.37 Å². The number of amides is 1. The quantitative estimate of drug-likeness (QED) is 0.446. The van der Waals surface area contributed by atoms with Crippen LogP contribution in [-0.2, 0) is 0 Å². The molecule has 3 aromatic rings. The fraction of sp³-hybridized carbons (Fsp3) is 0.280. The number of halogens is 2. The number of carbonyl (C=O) groups excluding carboxylic acids is 1. The van der Waals surface area contributed by atoms with Crippen molar-refractivity contribution in [2.45, 2.75) is 24.8 Å². The maximum absolute atomic E-state index is 15.0. The number of aromatic nitrogens is 1. The summed E-state index contributed by atoms with van der Waals surface area (Å²) in [6.07, 6.45) is 3.98. The van der Waals surface area contributed by atoms with E-state index in [-0.39, 0.29) is 12.2 Å². The zero-order valence-corrected chi connectivity index (χ0v) is 19.5. The number of nitrogen functional groups attached to an aromatic ring is 1. The van der Waals surface area contributed by atoms with Crippen LogP contribution in [0.1, 0.15) is 46.3 Å². The van der Waals surface area contributed by atoms with E-state index in [0.717, 1.165) is 29.9 Å². The molecule has 8 heteroatoms. The molecule has 4 rings (SSSR count). The molecular formula is C25H25ClFN3O2S. The van der Waals surface area contributed by atoms with Gasteiger partial charge < -0.3 is 16.2 Å². The van der Waals surface area contributed by atoms with Gasteiger partial charge in [0.25, 0.3) is 5.91 Å². The number of hydrogen-bond donors (Lipinski definition) is 3. The molecule has 1 aliphatic rings. The van der Waals surface area contributed by atoms with Gasteiger partial charge in [0.1, 0.15) is 11.6 Å². The van der Waals surface area contributed by atoms with Crippen molar-refractivity contribution in [3.8, 4) is 11.1 Å². The molecule has 4 N–H and O–H groups in total. The first kappa shape index (κ1) is 23.5. The third-order valence-electron chi connectivity index (χ3n) is 5.90. The highest BCUT2D eigenvalue weighted by Crippen LogP contribution is 2.35. The largest absolute Gasteiger partial charge is 0.394 e. The molecule has 1 aromatic heterocycles. The standard InChI is InChI=1S/C25H25ClFN3O2S/c26-19-3-1-2-17(10-19)23(14-31)30-25(32)20-5-4-16(12-22(20)27)21-11-18(13-29-24(21)28)15-6-8-33-9-7-15/h1-5,10-13,15,23,31H,6-9,14H2,(H2,28,29)(H,30,32)/t23-/m1/s1. The second-order valence-electron chi connectivity index (χ2n) is 8.05. The van der Waals surface area contributed by atoms with E-state index in [1.807, 2.05) is 24.0 Å². The van der Waals surface area contributed by atoms with Gasteiger partial charge in [-0.05, 0) is 77.3 Å². The van der Waals surface area contributed by atoms with E-state index in [2.05, 4.69) is 10.3 Å². The van der Waals surface area contributed by atoms with Crippen LogP contribution in [0.2, 0.25) is 5.02 Å². The van der Waals surface area contributed by atoms with Crippen molar-refractivity contribution < 1.29 is 14.3 Å². The van der Waals surface area contributed by atoms with Gasteiger partial charge in [0.2, 0.25) is 0 Å². The number of hydrogen-bond acceptors (Lipinski definition) is 5. The topological polar surface area (TPSA) is 88.2 Å². The van der Waals surface area contributed by atoms with Gasteiger partial charge in [-0.15, -0.1) is 0 Å². The Morgan fingerprint density at radius 1 is 1.24 bits per heavy atom. The minimum absolute atomic E-state index is 0.119. The summed E-state index contributed by atoms with van der Waals surface area (Å²) < 4.78 is 15.0. The van der Waals surface area contributed by atoms with Crippen LogP contribution in [0.4, 0.5) is 10.2 Å². The van der Waals surface area contributed by atoms with Gasteiger partial charge in [0.05, 0.1) is 18.2 Å². The van der Waals surface area contributed by atoms with Gasteiger partial charge in [-0.1, -0.05) is 29.8 Å². The Labute approximate surface area is 201 Å². The lowest BCUT2D eigenvalue weighted by atomic mass is 9.92. The molecule has 1 saturated heterocycles. The van der Waals surface area contributed by atoms with Gasteiger partial charge in [-0.3, -0.25) is 4.79 Å². The van der Waals surface area contributed by atoms with Crippen LogP contribution in [0.25, 0.3) is 11.1 Å². The van der Waals surface area contributed by atoms with E-state index < -0.39 is 17.8 Å². The predicted molar refractivity (Wildman–Crippen MR) is 132 cm³/mol. The van der Waals surface area contributed by atoms with Crippen molar-refractivity contribution in [3.63, 3.8) is 0 Å². The van der Waals surface area contributed by atoms with Gasteiger partial charge in [-0.2, -0.15) is 11.8 Å². The van der Waals surface area contributed by atoms with E-state index in [1.54, 1.807) is 30.3 Å². The van der Waals surface area contributed by atoms with Gasteiger partial charge in [0, 0.05) is 16.8 Å². The average molecular weight is 486 g/mol. The Kier molecular flexibility index (Phi) is 7.53. The molecule has 0 radical (unpaired) electrons. The van der Waals surface area contributed by atoms with Crippen molar-refractivity contribution in [2.24, 2.45) is 0 Å². The van der Waals surface area contributed by atoms with Crippen LogP contribution in [-0.4, -0.2) is 34.1 Å². The third kappa shape index (κ3) is 5.49. The summed E-state index contributed by atoms with van der Waals surface area (Å²) >= 11 is 7.96. The molecule has 1 aliphatic heterocycles. The molecule has 1 amide bonds. The molecule has 0 spiro atoms. The van der Waals surface area contributed by atoms with E-state index >= 15 is 0 Å². The zero-order valence-electron chi connectivity index (χ0n) is 17.9. The average Bonchev–Trinajstić information content (AvgIpc) is 2.83. The second-order valence-corrected chi connectivity index (χ2v) is 9.71. The Bertz CT molecular complexity index is 1150. The molecule has 0 unspecified atom stereocenters. The molecule has 33 heavy (non-hydrogen) atoms. The number of rotatable bonds is 6. The summed E-state index contributed by atoms with van der Waals surface area (Å²) in [5.41, 5.74) is 8.94. The van der Waals surface area contributed by atoms with E-state index in [4.69, 9.17) is 17.3 Å². The van der Waals surface area contributed by atoms with Crippen LogP contribution >= 0.6 is 23.4 Å². The Morgan fingerprint density at radius 3 is 2.73 bits per heavy atom. The number of thioether (sulfide) groups is 1. The SMILES string of the molecule is Nc1ncc(C2CCSCC2)cc1-c1ccc(C(=O)N[C@H](CO)c2cccc(Cl)c2)c(F)c1. The smallest absolute Gasteiger partial charge is 0.254 e. The Morgan fingerprint density at radius 2 is 2.03 bits per heavy atom. The molecule has 1 atom stereocenters. The molecule has 0 bridgehead atoms. The van der Waals surface area contributed by atoms with E-state index in [0.29, 0.717) is 33.4 Å². The van der Waals surface area contributed by atoms with E-state index in [9.17, 15) is 14.3 Å². The van der Waals surface area contributed by atoms with Crippen LogP contribution in [0.15, 0.2) is 54.7 Å². The molecule has 0 aliphatic carbocycles. The molecule has 0 saturated carbocycles. The summed E-state index contributed by atoms with van der Waals surface area (Å²) in [5, 5.41) is 12.9. The van der Waals surface area contributed by atoms with Crippen molar-refractivity contribution >= 4 is 35.1 Å². The van der Waals surface area contributed by atoms with Gasteiger partial charge >= 0.3 is 0 Å². The van der Waals surface area contributed by atoms with Crippen molar-refractivity contribution in [1.82, 2.24) is 10.3 Å². The number of nitrogens with two attached hydrogens (primary N) is 1. The highest BCUT2D eigenvalue weighted by Gasteiger charge is 2.21. The molecule has 5 nitrogen and oxygen atoms in total. The maximum Gasteiger partial charge on any atom is 0.254 e. The fourth-order valence-corrected chi connectivity index (χ4v) is 5.34. The summed E-state index contributed by atoms with van der Waals surface area (Å²) in [6, 6.07) is 12.5. The maximum atomic E-state index is 15.0. The van der Waals surface area contributed by atoms with E-state index in [1.165, 1.54) is 12.1 Å². The molecule has 172 valence electrons. The first-order valence-corrected chi connectivity index (χ1v) is 12.3. The fourth-order valence-electron chi connectivity index (χ4n) is 4.04. The minimum Gasteiger partial charge on any atom is -0.394 e. The lowest BCUT2D eigenvalue weighted by Gasteiger charge is -2.22. The number of aliphatic hydroxyl groups is 1. The number of carbonyl (C=O) groups is 1. The van der Waals surface area contributed by atoms with Crippen LogP contribution < -0.4 is 11.1 Å². The highest BCUT2D eigenvalue weighted by molar-refractivity contribution is 7.99. The first-order chi connectivity index (χ1) is 16.0. The molecule has 1 fully saturated rings. The summed E-state index contributed by atoms with van der Waals surface area (Å²) in [7, 11) is 0. The number of nitrogens with zero attached hydrogens (tertiary/aromatic N) is 1. The lowest BCUT2D eigenvalue weighted by molar-refractivity contribution is 0.0912. The van der Waals surface area contributed by atoms with Crippen molar-refractivity contribution in [2.75, 3.05) is 23.8 Å². The van der Waals surface area contributed by atoms with Crippen molar-refractivity contribution in [3.05, 3.63) is 82.3 Å². The third-order valence-corrected chi connectivity index (χ3v) is 7.18. The zero-order chi connectivity index (χ0) is 23.4. The monoisotopic (exact) mass is 485 g/mol. The number of benzene rings is 2. The van der Waals surface area contributed by atoms with Crippen molar-refractivity contribution in [1.29, 1.82) is 0 Å². The normalized spacial score (nSPS) is 15.2. The van der Waals surface area contributed by atoms with Crippen LogP contribution in [0.5, 0.6) is 0 Å². The number of aliphatic hydroxyl groups excluding tert-OH is 1. The second kappa shape index (κ2) is 10.5. The number of anilines is 1.